The molecular weight excluding hydrogens is 290 g/mol. The van der Waals surface area contributed by atoms with E-state index in [1.165, 1.54) is 0 Å². The molecule has 0 aliphatic heterocycles. The van der Waals surface area contributed by atoms with Crippen LogP contribution in [0.1, 0.15) is 10.4 Å². The molecule has 0 atom stereocenters. The van der Waals surface area contributed by atoms with E-state index in [2.05, 4.69) is 10.1 Å². The third-order valence-electron chi connectivity index (χ3n) is 2.95. The number of benzene rings is 2. The van der Waals surface area contributed by atoms with Crippen LogP contribution in [0.5, 0.6) is 0 Å². The van der Waals surface area contributed by atoms with E-state index in [1.54, 1.807) is 48.5 Å². The second-order valence-electron chi connectivity index (χ2n) is 4.34. The van der Waals surface area contributed by atoms with E-state index in [9.17, 15) is 4.79 Å². The quantitative estimate of drug-likeness (QED) is 0.805. The Morgan fingerprint density at radius 2 is 1.81 bits per heavy atom. The lowest BCUT2D eigenvalue weighted by Gasteiger charge is -2.00. The van der Waals surface area contributed by atoms with Gasteiger partial charge in [-0.25, -0.2) is 0 Å². The standard InChI is InChI=1S/C15H10ClN3O2/c16-10-7-5-9(6-8-10)14-18-15(21-19-14)12-4-2-1-3-11(12)13(17)20/h1-8H,(H2,17,20). The van der Waals surface area contributed by atoms with Crippen molar-refractivity contribution in [1.82, 2.24) is 10.1 Å². The van der Waals surface area contributed by atoms with Crippen LogP contribution in [0.3, 0.4) is 0 Å². The minimum absolute atomic E-state index is 0.245. The summed E-state index contributed by atoms with van der Waals surface area (Å²) in [6, 6.07) is 13.9. The summed E-state index contributed by atoms with van der Waals surface area (Å²) in [6.07, 6.45) is 0. The van der Waals surface area contributed by atoms with Gasteiger partial charge >= 0.3 is 0 Å². The van der Waals surface area contributed by atoms with Gasteiger partial charge in [-0.3, -0.25) is 4.79 Å². The minimum Gasteiger partial charge on any atom is -0.366 e. The van der Waals surface area contributed by atoms with Crippen molar-refractivity contribution in [3.8, 4) is 22.8 Å². The Kier molecular flexibility index (Phi) is 3.41. The lowest BCUT2D eigenvalue weighted by atomic mass is 10.1. The molecule has 0 aliphatic carbocycles. The number of amides is 1. The number of hydrogen-bond donors (Lipinski definition) is 1. The minimum atomic E-state index is -0.545. The molecule has 3 aromatic rings. The Hall–Kier alpha value is -2.66. The summed E-state index contributed by atoms with van der Waals surface area (Å²) in [5.41, 5.74) is 6.96. The van der Waals surface area contributed by atoms with Crippen LogP contribution in [0.15, 0.2) is 53.1 Å². The number of carbonyl (C=O) groups is 1. The number of hydrogen-bond acceptors (Lipinski definition) is 4. The first-order chi connectivity index (χ1) is 10.1. The molecule has 5 nitrogen and oxygen atoms in total. The third kappa shape index (κ3) is 2.64. The number of halogens is 1. The molecule has 2 aromatic carbocycles. The lowest BCUT2D eigenvalue weighted by Crippen LogP contribution is -2.12. The van der Waals surface area contributed by atoms with Crippen LogP contribution in [0.25, 0.3) is 22.8 Å². The van der Waals surface area contributed by atoms with Gasteiger partial charge in [0.2, 0.25) is 11.7 Å². The Morgan fingerprint density at radius 3 is 2.52 bits per heavy atom. The van der Waals surface area contributed by atoms with Gasteiger partial charge in [-0.15, -0.1) is 0 Å². The number of primary amides is 1. The first-order valence-corrected chi connectivity index (χ1v) is 6.52. The van der Waals surface area contributed by atoms with Crippen LogP contribution in [0.2, 0.25) is 5.02 Å². The molecule has 21 heavy (non-hydrogen) atoms. The predicted molar refractivity (Wildman–Crippen MR) is 78.7 cm³/mol. The topological polar surface area (TPSA) is 82.0 Å². The maximum absolute atomic E-state index is 11.4. The molecule has 2 N–H and O–H groups in total. The van der Waals surface area contributed by atoms with Crippen LogP contribution in [-0.2, 0) is 0 Å². The molecule has 0 radical (unpaired) electrons. The highest BCUT2D eigenvalue weighted by Crippen LogP contribution is 2.25. The summed E-state index contributed by atoms with van der Waals surface area (Å²) < 4.78 is 5.22. The van der Waals surface area contributed by atoms with Gasteiger partial charge in [0, 0.05) is 10.6 Å². The fourth-order valence-electron chi connectivity index (χ4n) is 1.93. The number of rotatable bonds is 3. The smallest absolute Gasteiger partial charge is 0.259 e. The van der Waals surface area contributed by atoms with E-state index in [1.807, 2.05) is 0 Å². The van der Waals surface area contributed by atoms with E-state index in [0.717, 1.165) is 5.56 Å². The SMILES string of the molecule is NC(=O)c1ccccc1-c1nc(-c2ccc(Cl)cc2)no1. The average molecular weight is 300 g/mol. The van der Waals surface area contributed by atoms with Gasteiger partial charge in [0.15, 0.2) is 0 Å². The molecular formula is C15H10ClN3O2. The Balaban J connectivity index is 2.03. The predicted octanol–water partition coefficient (Wildman–Crippen LogP) is 3.16. The zero-order chi connectivity index (χ0) is 14.8. The number of aromatic nitrogens is 2. The summed E-state index contributed by atoms with van der Waals surface area (Å²) in [4.78, 5) is 15.7. The molecule has 0 fully saturated rings. The Morgan fingerprint density at radius 1 is 1.10 bits per heavy atom. The van der Waals surface area contributed by atoms with Crippen molar-refractivity contribution in [2.45, 2.75) is 0 Å². The monoisotopic (exact) mass is 299 g/mol. The largest absolute Gasteiger partial charge is 0.366 e. The number of nitrogens with zero attached hydrogens (tertiary/aromatic N) is 2. The van der Waals surface area contributed by atoms with E-state index >= 15 is 0 Å². The van der Waals surface area contributed by atoms with Gasteiger partial charge in [-0.1, -0.05) is 28.9 Å². The van der Waals surface area contributed by atoms with Gasteiger partial charge in [-0.2, -0.15) is 4.98 Å². The molecule has 0 saturated heterocycles. The maximum Gasteiger partial charge on any atom is 0.259 e. The second kappa shape index (κ2) is 5.38. The van der Waals surface area contributed by atoms with Gasteiger partial charge in [-0.05, 0) is 36.4 Å². The molecule has 0 unspecified atom stereocenters. The molecule has 0 aliphatic rings. The summed E-state index contributed by atoms with van der Waals surface area (Å²) in [7, 11) is 0. The zero-order valence-electron chi connectivity index (χ0n) is 10.8. The van der Waals surface area contributed by atoms with E-state index in [4.69, 9.17) is 21.9 Å². The van der Waals surface area contributed by atoms with Crippen molar-refractivity contribution in [2.24, 2.45) is 5.73 Å². The summed E-state index contributed by atoms with van der Waals surface area (Å²) in [5, 5.41) is 4.54. The van der Waals surface area contributed by atoms with E-state index < -0.39 is 5.91 Å². The molecule has 3 rings (SSSR count). The molecule has 0 bridgehead atoms. The maximum atomic E-state index is 11.4. The normalized spacial score (nSPS) is 10.5. The molecule has 0 spiro atoms. The number of carbonyl (C=O) groups excluding carboxylic acids is 1. The van der Waals surface area contributed by atoms with Gasteiger partial charge in [0.1, 0.15) is 0 Å². The molecule has 104 valence electrons. The highest BCUT2D eigenvalue weighted by atomic mass is 35.5. The molecule has 1 amide bonds. The van der Waals surface area contributed by atoms with Crippen molar-refractivity contribution in [2.75, 3.05) is 0 Å². The van der Waals surface area contributed by atoms with Crippen LogP contribution in [0, 0.1) is 0 Å². The molecule has 0 saturated carbocycles. The van der Waals surface area contributed by atoms with Gasteiger partial charge in [0.25, 0.3) is 5.89 Å². The number of nitrogens with two attached hydrogens (primary N) is 1. The Labute approximate surface area is 125 Å². The molecule has 1 heterocycles. The molecule has 1 aromatic heterocycles. The third-order valence-corrected chi connectivity index (χ3v) is 3.20. The van der Waals surface area contributed by atoms with Crippen molar-refractivity contribution in [3.63, 3.8) is 0 Å². The highest BCUT2D eigenvalue weighted by molar-refractivity contribution is 6.30. The zero-order valence-corrected chi connectivity index (χ0v) is 11.5. The van der Waals surface area contributed by atoms with Crippen molar-refractivity contribution in [3.05, 3.63) is 59.1 Å². The Bertz CT molecular complexity index is 797. The van der Waals surface area contributed by atoms with E-state index in [-0.39, 0.29) is 5.89 Å². The molecule has 6 heteroatoms. The van der Waals surface area contributed by atoms with Crippen LogP contribution >= 0.6 is 11.6 Å². The van der Waals surface area contributed by atoms with Crippen LogP contribution in [0.4, 0.5) is 0 Å². The van der Waals surface area contributed by atoms with Crippen molar-refractivity contribution < 1.29 is 9.32 Å². The van der Waals surface area contributed by atoms with Crippen LogP contribution in [-0.4, -0.2) is 16.0 Å². The lowest BCUT2D eigenvalue weighted by molar-refractivity contribution is 0.100. The van der Waals surface area contributed by atoms with Crippen LogP contribution < -0.4 is 5.73 Å². The second-order valence-corrected chi connectivity index (χ2v) is 4.78. The first kappa shape index (κ1) is 13.3. The average Bonchev–Trinajstić information content (AvgIpc) is 2.97. The van der Waals surface area contributed by atoms with Gasteiger partial charge in [0.05, 0.1) is 11.1 Å². The van der Waals surface area contributed by atoms with E-state index in [0.29, 0.717) is 22.0 Å². The van der Waals surface area contributed by atoms with Crippen molar-refractivity contribution >= 4 is 17.5 Å². The van der Waals surface area contributed by atoms with Crippen molar-refractivity contribution in [1.29, 1.82) is 0 Å². The fraction of sp³-hybridized carbons (Fsp3) is 0. The highest BCUT2D eigenvalue weighted by Gasteiger charge is 2.16. The first-order valence-electron chi connectivity index (χ1n) is 6.14. The van der Waals surface area contributed by atoms with Gasteiger partial charge < -0.3 is 10.3 Å². The fourth-order valence-corrected chi connectivity index (χ4v) is 2.06. The summed E-state index contributed by atoms with van der Waals surface area (Å²) in [6.45, 7) is 0. The summed E-state index contributed by atoms with van der Waals surface area (Å²) in [5.74, 6) is 0.118. The summed E-state index contributed by atoms with van der Waals surface area (Å²) >= 11 is 5.84.